The first kappa shape index (κ1) is 14.8. The van der Waals surface area contributed by atoms with Gasteiger partial charge in [-0.05, 0) is 25.0 Å². The Kier molecular flexibility index (Phi) is 4.36. The molecule has 0 aromatic heterocycles. The number of carboxylic acid groups (broad SMARTS) is 1. The molecule has 0 spiro atoms. The summed E-state index contributed by atoms with van der Waals surface area (Å²) < 4.78 is 0. The van der Waals surface area contributed by atoms with E-state index < -0.39 is 22.8 Å². The van der Waals surface area contributed by atoms with Crippen LogP contribution in [0.1, 0.15) is 12.8 Å². The van der Waals surface area contributed by atoms with Gasteiger partial charge in [0.25, 0.3) is 5.69 Å². The van der Waals surface area contributed by atoms with Crippen molar-refractivity contribution in [2.45, 2.75) is 12.8 Å². The zero-order valence-electron chi connectivity index (χ0n) is 11.2. The molecule has 1 heterocycles. The topological polar surface area (TPSA) is 113 Å². The van der Waals surface area contributed by atoms with Gasteiger partial charge >= 0.3 is 12.0 Å². The SMILES string of the molecule is O=C(O)[C@@H]1CCCN(C(=O)Nc2ccc([N+](=O)[O-])cc2)C1. The van der Waals surface area contributed by atoms with Gasteiger partial charge in [-0.1, -0.05) is 0 Å². The molecule has 21 heavy (non-hydrogen) atoms. The molecule has 0 unspecified atom stereocenters. The van der Waals surface area contributed by atoms with Crippen LogP contribution in [0.2, 0.25) is 0 Å². The number of anilines is 1. The van der Waals surface area contributed by atoms with Crippen molar-refractivity contribution in [3.05, 3.63) is 34.4 Å². The second-order valence-electron chi connectivity index (χ2n) is 4.86. The van der Waals surface area contributed by atoms with Crippen LogP contribution < -0.4 is 5.32 Å². The third-order valence-electron chi connectivity index (χ3n) is 3.39. The Balaban J connectivity index is 1.97. The quantitative estimate of drug-likeness (QED) is 0.653. The molecule has 2 N–H and O–H groups in total. The van der Waals surface area contributed by atoms with E-state index in [-0.39, 0.29) is 12.2 Å². The summed E-state index contributed by atoms with van der Waals surface area (Å²) in [6, 6.07) is 5.08. The number of carboxylic acids is 1. The lowest BCUT2D eigenvalue weighted by molar-refractivity contribution is -0.384. The van der Waals surface area contributed by atoms with Gasteiger partial charge in [0.1, 0.15) is 0 Å². The molecule has 0 bridgehead atoms. The van der Waals surface area contributed by atoms with Gasteiger partial charge in [0.05, 0.1) is 10.8 Å². The normalized spacial score (nSPS) is 18.1. The number of benzene rings is 1. The third kappa shape index (κ3) is 3.68. The fraction of sp³-hybridized carbons (Fsp3) is 0.385. The zero-order chi connectivity index (χ0) is 15.4. The summed E-state index contributed by atoms with van der Waals surface area (Å²) in [6.07, 6.45) is 1.21. The van der Waals surface area contributed by atoms with Crippen molar-refractivity contribution >= 4 is 23.4 Å². The van der Waals surface area contributed by atoms with Gasteiger partial charge in [0, 0.05) is 30.9 Å². The molecule has 0 saturated carbocycles. The summed E-state index contributed by atoms with van der Waals surface area (Å²) in [4.78, 5) is 34.5. The van der Waals surface area contributed by atoms with E-state index >= 15 is 0 Å². The van der Waals surface area contributed by atoms with Gasteiger partial charge in [0.2, 0.25) is 0 Å². The number of nitro benzene ring substituents is 1. The zero-order valence-corrected chi connectivity index (χ0v) is 11.2. The van der Waals surface area contributed by atoms with Gasteiger partial charge in [-0.15, -0.1) is 0 Å². The highest BCUT2D eigenvalue weighted by Gasteiger charge is 2.28. The number of nitro groups is 1. The molecular weight excluding hydrogens is 278 g/mol. The van der Waals surface area contributed by atoms with Crippen LogP contribution in [-0.2, 0) is 4.79 Å². The molecule has 1 aliphatic rings. The highest BCUT2D eigenvalue weighted by Crippen LogP contribution is 2.19. The molecule has 2 amide bonds. The van der Waals surface area contributed by atoms with E-state index in [1.165, 1.54) is 29.2 Å². The summed E-state index contributed by atoms with van der Waals surface area (Å²) in [7, 11) is 0. The maximum absolute atomic E-state index is 12.0. The van der Waals surface area contributed by atoms with Gasteiger partial charge in [0.15, 0.2) is 0 Å². The van der Waals surface area contributed by atoms with Crippen molar-refractivity contribution in [3.63, 3.8) is 0 Å². The number of nitrogens with zero attached hydrogens (tertiary/aromatic N) is 2. The number of rotatable bonds is 3. The molecule has 1 atom stereocenters. The Morgan fingerprint density at radius 3 is 2.57 bits per heavy atom. The third-order valence-corrected chi connectivity index (χ3v) is 3.39. The molecule has 0 aliphatic carbocycles. The maximum Gasteiger partial charge on any atom is 0.321 e. The van der Waals surface area contributed by atoms with Crippen molar-refractivity contribution in [2.75, 3.05) is 18.4 Å². The smallest absolute Gasteiger partial charge is 0.321 e. The Hall–Kier alpha value is -2.64. The number of carbonyl (C=O) groups is 2. The summed E-state index contributed by atoms with van der Waals surface area (Å²) in [6.45, 7) is 0.677. The van der Waals surface area contributed by atoms with Crippen molar-refractivity contribution in [1.29, 1.82) is 0 Å². The minimum Gasteiger partial charge on any atom is -0.481 e. The van der Waals surface area contributed by atoms with E-state index in [4.69, 9.17) is 5.11 Å². The van der Waals surface area contributed by atoms with Crippen molar-refractivity contribution in [3.8, 4) is 0 Å². The number of non-ortho nitro benzene ring substituents is 1. The number of hydrogen-bond acceptors (Lipinski definition) is 4. The van der Waals surface area contributed by atoms with Crippen LogP contribution in [0.15, 0.2) is 24.3 Å². The number of piperidine rings is 1. The Morgan fingerprint density at radius 1 is 1.33 bits per heavy atom. The van der Waals surface area contributed by atoms with Crippen LogP contribution >= 0.6 is 0 Å². The molecule has 8 heteroatoms. The van der Waals surface area contributed by atoms with Crippen molar-refractivity contribution in [2.24, 2.45) is 5.92 Å². The number of urea groups is 1. The average molecular weight is 293 g/mol. The molecule has 1 aliphatic heterocycles. The Morgan fingerprint density at radius 2 is 2.00 bits per heavy atom. The number of likely N-dealkylation sites (tertiary alicyclic amines) is 1. The van der Waals surface area contributed by atoms with Gasteiger partial charge < -0.3 is 15.3 Å². The van der Waals surface area contributed by atoms with E-state index in [2.05, 4.69) is 5.32 Å². The monoisotopic (exact) mass is 293 g/mol. The number of aliphatic carboxylic acids is 1. The summed E-state index contributed by atoms with van der Waals surface area (Å²) in [5, 5.41) is 22.1. The second-order valence-corrected chi connectivity index (χ2v) is 4.86. The first-order chi connectivity index (χ1) is 9.97. The molecule has 2 rings (SSSR count). The lowest BCUT2D eigenvalue weighted by Gasteiger charge is -2.30. The fourth-order valence-corrected chi connectivity index (χ4v) is 2.23. The van der Waals surface area contributed by atoms with E-state index in [1.807, 2.05) is 0 Å². The lowest BCUT2D eigenvalue weighted by atomic mass is 9.99. The minimum atomic E-state index is -0.900. The first-order valence-electron chi connectivity index (χ1n) is 6.50. The predicted octanol–water partition coefficient (Wildman–Crippen LogP) is 1.92. The molecule has 8 nitrogen and oxygen atoms in total. The highest BCUT2D eigenvalue weighted by atomic mass is 16.6. The minimum absolute atomic E-state index is 0.0584. The number of amides is 2. The molecule has 112 valence electrons. The molecule has 1 fully saturated rings. The van der Waals surface area contributed by atoms with E-state index in [1.54, 1.807) is 0 Å². The summed E-state index contributed by atoms with van der Waals surface area (Å²) in [5.74, 6) is -1.44. The second kappa shape index (κ2) is 6.21. The van der Waals surface area contributed by atoms with E-state index in [9.17, 15) is 19.7 Å². The standard InChI is InChI=1S/C13H15N3O5/c17-12(18)9-2-1-7-15(8-9)13(19)14-10-3-5-11(6-4-10)16(20)21/h3-6,9H,1-2,7-8H2,(H,14,19)(H,17,18)/t9-/m1/s1. The van der Waals surface area contributed by atoms with E-state index in [0.29, 0.717) is 25.1 Å². The largest absolute Gasteiger partial charge is 0.481 e. The van der Waals surface area contributed by atoms with Gasteiger partial charge in [-0.3, -0.25) is 14.9 Å². The van der Waals surface area contributed by atoms with Crippen LogP contribution in [0.3, 0.4) is 0 Å². The lowest BCUT2D eigenvalue weighted by Crippen LogP contribution is -2.44. The molecular formula is C13H15N3O5. The number of carbonyl (C=O) groups excluding carboxylic acids is 1. The summed E-state index contributed by atoms with van der Waals surface area (Å²) in [5.41, 5.74) is 0.375. The fourth-order valence-electron chi connectivity index (χ4n) is 2.23. The molecule has 0 radical (unpaired) electrons. The van der Waals surface area contributed by atoms with Crippen LogP contribution in [0.5, 0.6) is 0 Å². The Labute approximate surface area is 120 Å². The van der Waals surface area contributed by atoms with Crippen molar-refractivity contribution < 1.29 is 19.6 Å². The van der Waals surface area contributed by atoms with Crippen LogP contribution in [0.25, 0.3) is 0 Å². The Bertz CT molecular complexity index is 557. The van der Waals surface area contributed by atoms with E-state index in [0.717, 1.165) is 0 Å². The summed E-state index contributed by atoms with van der Waals surface area (Å²) >= 11 is 0. The number of nitrogens with one attached hydrogen (secondary N) is 1. The van der Waals surface area contributed by atoms with Crippen molar-refractivity contribution in [1.82, 2.24) is 4.90 Å². The maximum atomic E-state index is 12.0. The molecule has 1 aromatic carbocycles. The predicted molar refractivity (Wildman–Crippen MR) is 74.0 cm³/mol. The molecule has 1 aromatic rings. The molecule has 1 saturated heterocycles. The first-order valence-corrected chi connectivity index (χ1v) is 6.50. The van der Waals surface area contributed by atoms with Crippen LogP contribution in [-0.4, -0.2) is 40.0 Å². The highest BCUT2D eigenvalue weighted by molar-refractivity contribution is 5.89. The van der Waals surface area contributed by atoms with Gasteiger partial charge in [-0.2, -0.15) is 0 Å². The average Bonchev–Trinajstić information content (AvgIpc) is 2.48. The van der Waals surface area contributed by atoms with Gasteiger partial charge in [-0.25, -0.2) is 4.79 Å². The van der Waals surface area contributed by atoms with Crippen LogP contribution in [0, 0.1) is 16.0 Å². The van der Waals surface area contributed by atoms with Crippen LogP contribution in [0.4, 0.5) is 16.2 Å². The number of hydrogen-bond donors (Lipinski definition) is 2.